The first-order valence-corrected chi connectivity index (χ1v) is 10.6. The van der Waals surface area contributed by atoms with Crippen molar-refractivity contribution in [2.45, 2.75) is 19.4 Å². The summed E-state index contributed by atoms with van der Waals surface area (Å²) in [5.74, 6) is -0.508. The molecule has 0 aliphatic carbocycles. The van der Waals surface area contributed by atoms with E-state index >= 15 is 0 Å². The topological polar surface area (TPSA) is 61.4 Å². The minimum Gasteiger partial charge on any atom is -0.341 e. The molecule has 31 heavy (non-hydrogen) atoms. The maximum absolute atomic E-state index is 13.9. The van der Waals surface area contributed by atoms with Crippen LogP contribution in [-0.2, 0) is 10.3 Å². The van der Waals surface area contributed by atoms with Crippen molar-refractivity contribution in [2.75, 3.05) is 13.1 Å². The number of carbonyl (C=O) groups excluding carboxylic acids is 2. The number of likely N-dealkylation sites (N-methyl/N-ethyl adjacent to an activating group) is 1. The number of nitrogens with one attached hydrogen (secondary N) is 2. The van der Waals surface area contributed by atoms with Crippen LogP contribution in [0.2, 0.25) is 5.02 Å². The Hall–Kier alpha value is -3.15. The molecule has 0 fully saturated rings. The molecule has 6 heteroatoms. The maximum Gasteiger partial charge on any atom is 0.265 e. The van der Waals surface area contributed by atoms with Gasteiger partial charge in [0.1, 0.15) is 0 Å². The van der Waals surface area contributed by atoms with Crippen LogP contribution >= 0.6 is 11.6 Å². The zero-order valence-electron chi connectivity index (χ0n) is 17.6. The van der Waals surface area contributed by atoms with Gasteiger partial charge in [0.05, 0.1) is 0 Å². The van der Waals surface area contributed by atoms with Gasteiger partial charge in [0, 0.05) is 23.7 Å². The highest BCUT2D eigenvalue weighted by atomic mass is 35.5. The van der Waals surface area contributed by atoms with Crippen molar-refractivity contribution < 1.29 is 9.59 Å². The lowest BCUT2D eigenvalue weighted by Gasteiger charge is -2.38. The van der Waals surface area contributed by atoms with Gasteiger partial charge in [0.15, 0.2) is 5.54 Å². The number of carbonyl (C=O) groups is 2. The predicted molar refractivity (Wildman–Crippen MR) is 124 cm³/mol. The zero-order valence-corrected chi connectivity index (χ0v) is 18.4. The summed E-state index contributed by atoms with van der Waals surface area (Å²) in [5, 5.41) is 0.545. The Kier molecular flexibility index (Phi) is 7.45. The summed E-state index contributed by atoms with van der Waals surface area (Å²) in [4.78, 5) is 28.5. The Morgan fingerprint density at radius 1 is 0.806 bits per heavy atom. The third-order valence-electron chi connectivity index (χ3n) is 5.25. The molecule has 0 spiro atoms. The van der Waals surface area contributed by atoms with Crippen LogP contribution in [-0.4, -0.2) is 29.8 Å². The smallest absolute Gasteiger partial charge is 0.265 e. The number of amides is 2. The predicted octanol–water partition coefficient (Wildman–Crippen LogP) is 4.39. The SMILES string of the molecule is CCN(CC)C(=O)C(NNC(=O)c1ccc(Cl)cc1)(c1ccccc1)c1ccccc1. The van der Waals surface area contributed by atoms with Crippen molar-refractivity contribution in [3.63, 3.8) is 0 Å². The third kappa shape index (κ3) is 4.79. The van der Waals surface area contributed by atoms with Crippen molar-refractivity contribution in [2.24, 2.45) is 0 Å². The molecule has 0 aromatic heterocycles. The summed E-state index contributed by atoms with van der Waals surface area (Å²) in [6.45, 7) is 4.97. The summed E-state index contributed by atoms with van der Waals surface area (Å²) in [6, 6.07) is 25.4. The molecule has 0 unspecified atom stereocenters. The van der Waals surface area contributed by atoms with Crippen LogP contribution in [0.25, 0.3) is 0 Å². The number of hydrazine groups is 1. The number of halogens is 1. The van der Waals surface area contributed by atoms with Gasteiger partial charge in [-0.05, 0) is 49.2 Å². The molecular weight excluding hydrogens is 410 g/mol. The highest BCUT2D eigenvalue weighted by Crippen LogP contribution is 2.31. The van der Waals surface area contributed by atoms with Gasteiger partial charge in [-0.15, -0.1) is 0 Å². The minimum atomic E-state index is -1.30. The van der Waals surface area contributed by atoms with Crippen LogP contribution in [0.1, 0.15) is 35.3 Å². The fraction of sp³-hybridized carbons (Fsp3) is 0.200. The van der Waals surface area contributed by atoms with Gasteiger partial charge in [-0.25, -0.2) is 5.43 Å². The lowest BCUT2D eigenvalue weighted by molar-refractivity contribution is -0.137. The highest BCUT2D eigenvalue weighted by molar-refractivity contribution is 6.30. The summed E-state index contributed by atoms with van der Waals surface area (Å²) in [5.41, 5.74) is 6.46. The molecule has 0 atom stereocenters. The van der Waals surface area contributed by atoms with Crippen LogP contribution in [0.4, 0.5) is 0 Å². The third-order valence-corrected chi connectivity index (χ3v) is 5.51. The molecular formula is C25H26ClN3O2. The van der Waals surface area contributed by atoms with Crippen LogP contribution in [0.5, 0.6) is 0 Å². The molecule has 5 nitrogen and oxygen atoms in total. The normalized spacial score (nSPS) is 11.1. The van der Waals surface area contributed by atoms with E-state index in [1.807, 2.05) is 74.5 Å². The van der Waals surface area contributed by atoms with Gasteiger partial charge in [-0.3, -0.25) is 15.0 Å². The first-order valence-electron chi connectivity index (χ1n) is 10.3. The number of hydrogen-bond donors (Lipinski definition) is 2. The van der Waals surface area contributed by atoms with Gasteiger partial charge in [0.2, 0.25) is 0 Å². The minimum absolute atomic E-state index is 0.147. The second kappa shape index (κ2) is 10.2. The molecule has 0 saturated carbocycles. The summed E-state index contributed by atoms with van der Waals surface area (Å²) >= 11 is 5.94. The van der Waals surface area contributed by atoms with E-state index in [1.165, 1.54) is 0 Å². The number of nitrogens with zero attached hydrogens (tertiary/aromatic N) is 1. The molecule has 0 bridgehead atoms. The van der Waals surface area contributed by atoms with Crippen LogP contribution < -0.4 is 10.9 Å². The standard InChI is InChI=1S/C25H26ClN3O2/c1-3-29(4-2)24(31)25(20-11-7-5-8-12-20,21-13-9-6-10-14-21)28-27-23(30)19-15-17-22(26)18-16-19/h5-18,28H,3-4H2,1-2H3,(H,27,30). The van der Waals surface area contributed by atoms with Gasteiger partial charge in [-0.1, -0.05) is 72.3 Å². The lowest BCUT2D eigenvalue weighted by atomic mass is 9.82. The Morgan fingerprint density at radius 2 is 1.29 bits per heavy atom. The fourth-order valence-corrected chi connectivity index (χ4v) is 3.69. The van der Waals surface area contributed by atoms with Crippen molar-refractivity contribution in [1.82, 2.24) is 15.8 Å². The average Bonchev–Trinajstić information content (AvgIpc) is 2.82. The fourth-order valence-electron chi connectivity index (χ4n) is 3.56. The molecule has 0 saturated heterocycles. The monoisotopic (exact) mass is 435 g/mol. The molecule has 160 valence electrons. The van der Waals surface area contributed by atoms with Gasteiger partial charge >= 0.3 is 0 Å². The Labute approximate surface area is 188 Å². The molecule has 0 aliphatic heterocycles. The van der Waals surface area contributed by atoms with E-state index in [0.29, 0.717) is 23.7 Å². The second-order valence-electron chi connectivity index (χ2n) is 7.05. The molecule has 3 rings (SSSR count). The second-order valence-corrected chi connectivity index (χ2v) is 7.48. The van der Waals surface area contributed by atoms with Crippen molar-refractivity contribution in [1.29, 1.82) is 0 Å². The van der Waals surface area contributed by atoms with Crippen molar-refractivity contribution in [3.8, 4) is 0 Å². The largest absolute Gasteiger partial charge is 0.341 e. The summed E-state index contributed by atoms with van der Waals surface area (Å²) < 4.78 is 0. The van der Waals surface area contributed by atoms with Crippen molar-refractivity contribution in [3.05, 3.63) is 107 Å². The van der Waals surface area contributed by atoms with E-state index in [1.54, 1.807) is 29.2 Å². The lowest BCUT2D eigenvalue weighted by Crippen LogP contribution is -2.61. The Morgan fingerprint density at radius 3 is 1.74 bits per heavy atom. The van der Waals surface area contributed by atoms with Gasteiger partial charge in [0.25, 0.3) is 11.8 Å². The van der Waals surface area contributed by atoms with E-state index in [4.69, 9.17) is 11.6 Å². The molecule has 0 aliphatic rings. The first kappa shape index (κ1) is 22.5. The summed E-state index contributed by atoms with van der Waals surface area (Å²) in [7, 11) is 0. The number of hydrogen-bond acceptors (Lipinski definition) is 3. The van der Waals surface area contributed by atoms with E-state index in [2.05, 4.69) is 10.9 Å². The maximum atomic E-state index is 13.9. The van der Waals surface area contributed by atoms with E-state index < -0.39 is 5.54 Å². The van der Waals surface area contributed by atoms with Crippen LogP contribution in [0.3, 0.4) is 0 Å². The van der Waals surface area contributed by atoms with E-state index in [0.717, 1.165) is 11.1 Å². The van der Waals surface area contributed by atoms with Gasteiger partial charge in [-0.2, -0.15) is 0 Å². The first-order chi connectivity index (χ1) is 15.0. The van der Waals surface area contributed by atoms with Crippen molar-refractivity contribution >= 4 is 23.4 Å². The highest BCUT2D eigenvalue weighted by Gasteiger charge is 2.44. The molecule has 3 aromatic carbocycles. The number of benzene rings is 3. The quantitative estimate of drug-likeness (QED) is 0.516. The Balaban J connectivity index is 2.08. The number of rotatable bonds is 8. The van der Waals surface area contributed by atoms with Crippen LogP contribution in [0, 0.1) is 0 Å². The molecule has 0 heterocycles. The average molecular weight is 436 g/mol. The van der Waals surface area contributed by atoms with E-state index in [-0.39, 0.29) is 11.8 Å². The van der Waals surface area contributed by atoms with E-state index in [9.17, 15) is 9.59 Å². The summed E-state index contributed by atoms with van der Waals surface area (Å²) in [6.07, 6.45) is 0. The molecule has 0 radical (unpaired) electrons. The zero-order chi connectivity index (χ0) is 22.3. The Bertz CT molecular complexity index is 964. The molecule has 2 N–H and O–H groups in total. The van der Waals surface area contributed by atoms with Crippen LogP contribution in [0.15, 0.2) is 84.9 Å². The molecule has 3 aromatic rings. The van der Waals surface area contributed by atoms with Gasteiger partial charge < -0.3 is 4.90 Å². The molecule has 2 amide bonds.